The number of nitrogens with one attached hydrogen (secondary N) is 1. The number of amides is 1. The molecule has 1 aromatic rings. The van der Waals surface area contributed by atoms with Gasteiger partial charge in [0, 0.05) is 23.2 Å². The van der Waals surface area contributed by atoms with Crippen LogP contribution in [0.25, 0.3) is 0 Å². The number of carbonyl (C=O) groups excluding carboxylic acids is 1. The van der Waals surface area contributed by atoms with Gasteiger partial charge in [0.25, 0.3) is 5.69 Å². The number of hydrogen-bond donors (Lipinski definition) is 2. The minimum atomic E-state index is -0.878. The molecule has 1 aliphatic rings. The number of rotatable bonds is 4. The summed E-state index contributed by atoms with van der Waals surface area (Å²) < 4.78 is 0. The Morgan fingerprint density at radius 3 is 2.57 bits per heavy atom. The van der Waals surface area contributed by atoms with Crippen LogP contribution in [0, 0.1) is 28.9 Å². The standard InChI is InChI=1S/C14H16N2O5/c1-8-2-5-11(7-12(8)16(20)21)15-13(17)9-3-4-10(6-9)14(18)19/h2,5,7,9-10H,3-4,6H2,1H3,(H,15,17)(H,18,19). The zero-order valence-electron chi connectivity index (χ0n) is 11.5. The maximum atomic E-state index is 12.1. The fourth-order valence-corrected chi connectivity index (χ4v) is 2.57. The maximum absolute atomic E-state index is 12.1. The Kier molecular flexibility index (Phi) is 4.21. The van der Waals surface area contributed by atoms with Crippen molar-refractivity contribution in [3.05, 3.63) is 33.9 Å². The smallest absolute Gasteiger partial charge is 0.306 e. The molecule has 7 heteroatoms. The van der Waals surface area contributed by atoms with E-state index < -0.39 is 16.8 Å². The summed E-state index contributed by atoms with van der Waals surface area (Å²) in [6, 6.07) is 4.49. The van der Waals surface area contributed by atoms with E-state index in [0.717, 1.165) is 0 Å². The molecule has 1 aromatic carbocycles. The van der Waals surface area contributed by atoms with Crippen molar-refractivity contribution in [1.29, 1.82) is 0 Å². The molecule has 0 spiro atoms. The van der Waals surface area contributed by atoms with Crippen LogP contribution in [0.5, 0.6) is 0 Å². The number of nitrogens with zero attached hydrogens (tertiary/aromatic N) is 1. The number of benzene rings is 1. The largest absolute Gasteiger partial charge is 0.481 e. The monoisotopic (exact) mass is 292 g/mol. The van der Waals surface area contributed by atoms with Crippen molar-refractivity contribution in [2.24, 2.45) is 11.8 Å². The molecular weight excluding hydrogens is 276 g/mol. The average Bonchev–Trinajstić information content (AvgIpc) is 2.90. The number of nitro groups is 1. The number of anilines is 1. The first-order valence-electron chi connectivity index (χ1n) is 6.67. The number of aliphatic carboxylic acids is 1. The van der Waals surface area contributed by atoms with Crippen LogP contribution in [0.3, 0.4) is 0 Å². The highest BCUT2D eigenvalue weighted by Gasteiger charge is 2.33. The second-order valence-corrected chi connectivity index (χ2v) is 5.29. The van der Waals surface area contributed by atoms with Gasteiger partial charge in [-0.2, -0.15) is 0 Å². The van der Waals surface area contributed by atoms with Crippen LogP contribution in [-0.4, -0.2) is 21.9 Å². The summed E-state index contributed by atoms with van der Waals surface area (Å²) in [6.45, 7) is 1.62. The van der Waals surface area contributed by atoms with Crippen LogP contribution in [0.15, 0.2) is 18.2 Å². The summed E-state index contributed by atoms with van der Waals surface area (Å²) in [6.07, 6.45) is 1.33. The lowest BCUT2D eigenvalue weighted by atomic mass is 10.0. The second-order valence-electron chi connectivity index (χ2n) is 5.29. The van der Waals surface area contributed by atoms with Crippen LogP contribution in [0.1, 0.15) is 24.8 Å². The molecule has 7 nitrogen and oxygen atoms in total. The van der Waals surface area contributed by atoms with Gasteiger partial charge in [-0.3, -0.25) is 19.7 Å². The zero-order chi connectivity index (χ0) is 15.6. The molecule has 1 fully saturated rings. The highest BCUT2D eigenvalue weighted by molar-refractivity contribution is 5.93. The van der Waals surface area contributed by atoms with Crippen LogP contribution in [0.4, 0.5) is 11.4 Å². The van der Waals surface area contributed by atoms with E-state index in [1.165, 1.54) is 6.07 Å². The van der Waals surface area contributed by atoms with Crippen LogP contribution in [0.2, 0.25) is 0 Å². The average molecular weight is 292 g/mol. The third kappa shape index (κ3) is 3.36. The first-order valence-corrected chi connectivity index (χ1v) is 6.67. The molecule has 0 radical (unpaired) electrons. The molecule has 1 saturated carbocycles. The highest BCUT2D eigenvalue weighted by atomic mass is 16.6. The third-order valence-corrected chi connectivity index (χ3v) is 3.83. The quantitative estimate of drug-likeness (QED) is 0.653. The van der Waals surface area contributed by atoms with E-state index in [4.69, 9.17) is 5.11 Å². The lowest BCUT2D eigenvalue weighted by Gasteiger charge is -2.11. The zero-order valence-corrected chi connectivity index (χ0v) is 11.5. The summed E-state index contributed by atoms with van der Waals surface area (Å²) in [7, 11) is 0. The number of carboxylic acids is 1. The van der Waals surface area contributed by atoms with E-state index in [-0.39, 0.29) is 17.5 Å². The predicted octanol–water partition coefficient (Wildman–Crippen LogP) is 2.34. The fraction of sp³-hybridized carbons (Fsp3) is 0.429. The lowest BCUT2D eigenvalue weighted by molar-refractivity contribution is -0.385. The molecule has 2 rings (SSSR count). The Hall–Kier alpha value is -2.44. The Balaban J connectivity index is 2.05. The van der Waals surface area contributed by atoms with E-state index in [0.29, 0.717) is 30.5 Å². The minimum Gasteiger partial charge on any atom is -0.481 e. The first kappa shape index (κ1) is 15.0. The summed E-state index contributed by atoms with van der Waals surface area (Å²) in [5.74, 6) is -1.99. The van der Waals surface area contributed by atoms with Crippen LogP contribution < -0.4 is 5.32 Å². The summed E-state index contributed by atoms with van der Waals surface area (Å²) in [5.41, 5.74) is 0.823. The van der Waals surface area contributed by atoms with Gasteiger partial charge in [0.15, 0.2) is 0 Å². The summed E-state index contributed by atoms with van der Waals surface area (Å²) in [4.78, 5) is 33.3. The van der Waals surface area contributed by atoms with E-state index in [9.17, 15) is 19.7 Å². The van der Waals surface area contributed by atoms with Crippen molar-refractivity contribution in [3.8, 4) is 0 Å². The normalized spacial score (nSPS) is 21.0. The van der Waals surface area contributed by atoms with E-state index in [1.54, 1.807) is 19.1 Å². The van der Waals surface area contributed by atoms with Crippen molar-refractivity contribution >= 4 is 23.3 Å². The molecule has 2 atom stereocenters. The van der Waals surface area contributed by atoms with Crippen molar-refractivity contribution in [2.75, 3.05) is 5.32 Å². The Morgan fingerprint density at radius 2 is 2.00 bits per heavy atom. The van der Waals surface area contributed by atoms with Gasteiger partial charge in [-0.1, -0.05) is 6.07 Å². The molecule has 21 heavy (non-hydrogen) atoms. The van der Waals surface area contributed by atoms with Gasteiger partial charge in [0.1, 0.15) is 0 Å². The van der Waals surface area contributed by atoms with Gasteiger partial charge in [0.2, 0.25) is 5.91 Å². The highest BCUT2D eigenvalue weighted by Crippen LogP contribution is 2.32. The van der Waals surface area contributed by atoms with E-state index in [2.05, 4.69) is 5.32 Å². The van der Waals surface area contributed by atoms with Gasteiger partial charge in [-0.05, 0) is 32.3 Å². The van der Waals surface area contributed by atoms with Gasteiger partial charge in [0.05, 0.1) is 10.8 Å². The molecule has 0 aromatic heterocycles. The third-order valence-electron chi connectivity index (χ3n) is 3.83. The predicted molar refractivity (Wildman–Crippen MR) is 74.9 cm³/mol. The van der Waals surface area contributed by atoms with E-state index in [1.807, 2.05) is 0 Å². The van der Waals surface area contributed by atoms with E-state index >= 15 is 0 Å². The molecule has 0 aliphatic heterocycles. The SMILES string of the molecule is Cc1ccc(NC(=O)C2CCC(C(=O)O)C2)cc1[N+](=O)[O-]. The Labute approximate surface area is 121 Å². The maximum Gasteiger partial charge on any atom is 0.306 e. The number of nitro benzene ring substituents is 1. The number of carboxylic acid groups (broad SMARTS) is 1. The van der Waals surface area contributed by atoms with Crippen molar-refractivity contribution in [2.45, 2.75) is 26.2 Å². The lowest BCUT2D eigenvalue weighted by Crippen LogP contribution is -2.21. The Bertz CT molecular complexity index is 599. The minimum absolute atomic E-state index is 0.0531. The van der Waals surface area contributed by atoms with Crippen molar-refractivity contribution in [3.63, 3.8) is 0 Å². The van der Waals surface area contributed by atoms with Crippen molar-refractivity contribution in [1.82, 2.24) is 0 Å². The van der Waals surface area contributed by atoms with Crippen LogP contribution >= 0.6 is 0 Å². The van der Waals surface area contributed by atoms with Gasteiger partial charge < -0.3 is 10.4 Å². The number of carbonyl (C=O) groups is 2. The number of hydrogen-bond acceptors (Lipinski definition) is 4. The second kappa shape index (κ2) is 5.90. The van der Waals surface area contributed by atoms with Crippen molar-refractivity contribution < 1.29 is 19.6 Å². The molecule has 0 heterocycles. The van der Waals surface area contributed by atoms with Gasteiger partial charge in [-0.15, -0.1) is 0 Å². The molecule has 112 valence electrons. The van der Waals surface area contributed by atoms with Gasteiger partial charge >= 0.3 is 5.97 Å². The molecule has 0 bridgehead atoms. The fourth-order valence-electron chi connectivity index (χ4n) is 2.57. The molecule has 0 saturated heterocycles. The molecule has 1 amide bonds. The van der Waals surface area contributed by atoms with Gasteiger partial charge in [-0.25, -0.2) is 0 Å². The summed E-state index contributed by atoms with van der Waals surface area (Å²) >= 11 is 0. The Morgan fingerprint density at radius 1 is 1.33 bits per heavy atom. The summed E-state index contributed by atoms with van der Waals surface area (Å²) in [5, 5.41) is 22.4. The topological polar surface area (TPSA) is 110 Å². The molecule has 2 unspecified atom stereocenters. The number of aryl methyl sites for hydroxylation is 1. The van der Waals surface area contributed by atoms with Crippen LogP contribution in [-0.2, 0) is 9.59 Å². The molecule has 2 N–H and O–H groups in total. The molecule has 1 aliphatic carbocycles. The molecular formula is C14H16N2O5. The first-order chi connectivity index (χ1) is 9.88.